The number of nitrogens with zero attached hydrogens (tertiary/aromatic N) is 2. The fourth-order valence-electron chi connectivity index (χ4n) is 2.00. The third-order valence-corrected chi connectivity index (χ3v) is 3.14. The minimum absolute atomic E-state index is 0.225. The Morgan fingerprint density at radius 1 is 1.18 bits per heavy atom. The van der Waals surface area contributed by atoms with Gasteiger partial charge in [-0.05, 0) is 31.0 Å². The molecule has 0 aliphatic rings. The summed E-state index contributed by atoms with van der Waals surface area (Å²) in [6.07, 6.45) is 4.47. The maximum absolute atomic E-state index is 13.6. The van der Waals surface area contributed by atoms with Gasteiger partial charge in [0.25, 0.3) is 0 Å². The highest BCUT2D eigenvalue weighted by molar-refractivity contribution is 5.79. The van der Waals surface area contributed by atoms with Gasteiger partial charge in [0.15, 0.2) is 5.96 Å². The van der Waals surface area contributed by atoms with Crippen molar-refractivity contribution < 1.29 is 4.39 Å². The number of rotatable bonds is 6. The quantitative estimate of drug-likeness (QED) is 0.636. The first kappa shape index (κ1) is 15.9. The van der Waals surface area contributed by atoms with Crippen molar-refractivity contribution in [1.29, 1.82) is 0 Å². The number of aromatic nitrogens is 1. The lowest BCUT2D eigenvalue weighted by atomic mass is 10.2. The summed E-state index contributed by atoms with van der Waals surface area (Å²) in [5.41, 5.74) is 1.76. The molecule has 0 saturated carbocycles. The molecule has 0 aliphatic carbocycles. The number of halogens is 1. The van der Waals surface area contributed by atoms with E-state index in [4.69, 9.17) is 0 Å². The third-order valence-electron chi connectivity index (χ3n) is 3.14. The second kappa shape index (κ2) is 8.77. The predicted molar refractivity (Wildman–Crippen MR) is 87.2 cm³/mol. The van der Waals surface area contributed by atoms with E-state index in [1.807, 2.05) is 31.3 Å². The lowest BCUT2D eigenvalue weighted by Gasteiger charge is -2.11. The van der Waals surface area contributed by atoms with Gasteiger partial charge in [0.2, 0.25) is 0 Å². The van der Waals surface area contributed by atoms with Gasteiger partial charge in [0, 0.05) is 31.0 Å². The van der Waals surface area contributed by atoms with Crippen molar-refractivity contribution in [1.82, 2.24) is 15.6 Å². The molecular formula is C17H21FN4. The van der Waals surface area contributed by atoms with Crippen molar-refractivity contribution in [2.45, 2.75) is 19.9 Å². The Labute approximate surface area is 130 Å². The van der Waals surface area contributed by atoms with Gasteiger partial charge in [0.05, 0.1) is 6.54 Å². The Morgan fingerprint density at radius 2 is 2.05 bits per heavy atom. The van der Waals surface area contributed by atoms with E-state index in [1.165, 1.54) is 11.6 Å². The Hall–Kier alpha value is -2.43. The number of nitrogens with one attached hydrogen (secondary N) is 2. The first-order valence-electron chi connectivity index (χ1n) is 7.44. The molecule has 0 saturated heterocycles. The first-order valence-corrected chi connectivity index (χ1v) is 7.44. The molecular weight excluding hydrogens is 279 g/mol. The zero-order valence-corrected chi connectivity index (χ0v) is 12.7. The highest BCUT2D eigenvalue weighted by atomic mass is 19.1. The average molecular weight is 300 g/mol. The van der Waals surface area contributed by atoms with Crippen LogP contribution in [0.25, 0.3) is 0 Å². The fourth-order valence-corrected chi connectivity index (χ4v) is 2.00. The van der Waals surface area contributed by atoms with Crippen LogP contribution in [0.4, 0.5) is 4.39 Å². The van der Waals surface area contributed by atoms with E-state index < -0.39 is 0 Å². The molecule has 5 heteroatoms. The van der Waals surface area contributed by atoms with Gasteiger partial charge in [-0.1, -0.05) is 24.3 Å². The molecule has 0 atom stereocenters. The zero-order chi connectivity index (χ0) is 15.6. The molecule has 116 valence electrons. The Morgan fingerprint density at radius 3 is 2.77 bits per heavy atom. The van der Waals surface area contributed by atoms with Crippen molar-refractivity contribution >= 4 is 5.96 Å². The van der Waals surface area contributed by atoms with Gasteiger partial charge in [-0.3, -0.25) is 4.98 Å². The van der Waals surface area contributed by atoms with Crippen molar-refractivity contribution in [3.8, 4) is 0 Å². The normalized spacial score (nSPS) is 11.3. The van der Waals surface area contributed by atoms with E-state index in [9.17, 15) is 4.39 Å². The first-order chi connectivity index (χ1) is 10.8. The van der Waals surface area contributed by atoms with E-state index in [0.717, 1.165) is 19.5 Å². The monoisotopic (exact) mass is 300 g/mol. The zero-order valence-electron chi connectivity index (χ0n) is 12.7. The maximum atomic E-state index is 13.6. The molecule has 1 heterocycles. The van der Waals surface area contributed by atoms with Crippen LogP contribution in [0.2, 0.25) is 0 Å². The van der Waals surface area contributed by atoms with E-state index >= 15 is 0 Å². The molecule has 0 bridgehead atoms. The van der Waals surface area contributed by atoms with Crippen LogP contribution < -0.4 is 10.6 Å². The number of aliphatic imine (C=N–C) groups is 1. The molecule has 1 aromatic heterocycles. The van der Waals surface area contributed by atoms with E-state index in [0.29, 0.717) is 18.1 Å². The standard InChI is InChI=1S/C17H21FN4/c1-2-20-17(21-11-9-14-6-5-10-19-12-14)22-13-15-7-3-4-8-16(15)18/h3-8,10,12H,2,9,11,13H2,1H3,(H2,20,21,22). The number of guanidine groups is 1. The number of hydrogen-bond donors (Lipinski definition) is 2. The molecule has 0 aliphatic heterocycles. The van der Waals surface area contributed by atoms with Crippen LogP contribution in [0.5, 0.6) is 0 Å². The van der Waals surface area contributed by atoms with Crippen molar-refractivity contribution in [3.63, 3.8) is 0 Å². The summed E-state index contributed by atoms with van der Waals surface area (Å²) in [6, 6.07) is 10.7. The molecule has 2 aromatic rings. The van der Waals surface area contributed by atoms with E-state index in [2.05, 4.69) is 20.6 Å². The van der Waals surface area contributed by atoms with Gasteiger partial charge in [-0.2, -0.15) is 0 Å². The summed E-state index contributed by atoms with van der Waals surface area (Å²) in [6.45, 7) is 3.82. The van der Waals surface area contributed by atoms with Crippen LogP contribution in [0.3, 0.4) is 0 Å². The van der Waals surface area contributed by atoms with Gasteiger partial charge in [0.1, 0.15) is 5.82 Å². The number of benzene rings is 1. The molecule has 2 N–H and O–H groups in total. The van der Waals surface area contributed by atoms with Gasteiger partial charge < -0.3 is 10.6 Å². The second-order valence-corrected chi connectivity index (χ2v) is 4.82. The van der Waals surface area contributed by atoms with Crippen LogP contribution in [-0.2, 0) is 13.0 Å². The van der Waals surface area contributed by atoms with Crippen LogP contribution >= 0.6 is 0 Å². The van der Waals surface area contributed by atoms with Gasteiger partial charge >= 0.3 is 0 Å². The summed E-state index contributed by atoms with van der Waals surface area (Å²) in [4.78, 5) is 8.50. The van der Waals surface area contributed by atoms with Crippen molar-refractivity contribution in [2.75, 3.05) is 13.1 Å². The van der Waals surface area contributed by atoms with Crippen molar-refractivity contribution in [2.24, 2.45) is 4.99 Å². The lowest BCUT2D eigenvalue weighted by Crippen LogP contribution is -2.38. The highest BCUT2D eigenvalue weighted by Crippen LogP contribution is 2.07. The summed E-state index contributed by atoms with van der Waals surface area (Å²) < 4.78 is 13.6. The highest BCUT2D eigenvalue weighted by Gasteiger charge is 2.01. The number of pyridine rings is 1. The summed E-state index contributed by atoms with van der Waals surface area (Å²) in [5, 5.41) is 6.41. The summed E-state index contributed by atoms with van der Waals surface area (Å²) >= 11 is 0. The average Bonchev–Trinajstić information content (AvgIpc) is 2.55. The Bertz CT molecular complexity index is 599. The lowest BCUT2D eigenvalue weighted by molar-refractivity contribution is 0.610. The largest absolute Gasteiger partial charge is 0.357 e. The molecule has 2 rings (SSSR count). The summed E-state index contributed by atoms with van der Waals surface area (Å²) in [7, 11) is 0. The maximum Gasteiger partial charge on any atom is 0.191 e. The number of hydrogen-bond acceptors (Lipinski definition) is 2. The Kier molecular flexibility index (Phi) is 6.36. The Balaban J connectivity index is 1.89. The molecule has 0 fully saturated rings. The molecule has 0 amide bonds. The minimum atomic E-state index is -0.225. The third kappa shape index (κ3) is 5.16. The second-order valence-electron chi connectivity index (χ2n) is 4.82. The molecule has 1 aromatic carbocycles. The molecule has 22 heavy (non-hydrogen) atoms. The van der Waals surface area contributed by atoms with E-state index in [-0.39, 0.29) is 5.82 Å². The van der Waals surface area contributed by atoms with Gasteiger partial charge in [-0.25, -0.2) is 9.38 Å². The fraction of sp³-hybridized carbons (Fsp3) is 0.294. The molecule has 0 radical (unpaired) electrons. The SMILES string of the molecule is CCNC(=NCc1ccccc1F)NCCc1cccnc1. The van der Waals surface area contributed by atoms with Crippen LogP contribution in [0.15, 0.2) is 53.8 Å². The smallest absolute Gasteiger partial charge is 0.191 e. The predicted octanol–water partition coefficient (Wildman–Crippen LogP) is 2.52. The van der Waals surface area contributed by atoms with Crippen LogP contribution in [-0.4, -0.2) is 24.0 Å². The molecule has 0 spiro atoms. The van der Waals surface area contributed by atoms with Crippen molar-refractivity contribution in [3.05, 3.63) is 65.7 Å². The van der Waals surface area contributed by atoms with E-state index in [1.54, 1.807) is 18.3 Å². The van der Waals surface area contributed by atoms with Gasteiger partial charge in [-0.15, -0.1) is 0 Å². The van der Waals surface area contributed by atoms with Crippen LogP contribution in [0, 0.1) is 5.82 Å². The summed E-state index contributed by atoms with van der Waals surface area (Å²) in [5.74, 6) is 0.465. The van der Waals surface area contributed by atoms with Crippen LogP contribution in [0.1, 0.15) is 18.1 Å². The topological polar surface area (TPSA) is 49.3 Å². The minimum Gasteiger partial charge on any atom is -0.357 e. The molecule has 4 nitrogen and oxygen atoms in total. The molecule has 0 unspecified atom stereocenters.